The van der Waals surface area contributed by atoms with E-state index in [9.17, 15) is 9.18 Å². The highest BCUT2D eigenvalue weighted by molar-refractivity contribution is 8.01. The Hall–Kier alpha value is -1.70. The molecule has 1 fully saturated rings. The van der Waals surface area contributed by atoms with E-state index in [0.29, 0.717) is 11.5 Å². The van der Waals surface area contributed by atoms with E-state index in [4.69, 9.17) is 4.52 Å². The highest BCUT2D eigenvalue weighted by atomic mass is 32.2. The van der Waals surface area contributed by atoms with E-state index in [1.807, 2.05) is 23.9 Å². The standard InChI is InChI=1S/C19H19FN2O2S2/c20-14-1-3-16-17(11-14)24-21-19(16)13-5-7-22(8-6-13)9-10-25-18-4-2-15(12-23)26-18/h1-4,11-13H,5-10H2. The van der Waals surface area contributed by atoms with Gasteiger partial charge in [-0.2, -0.15) is 0 Å². The molecule has 0 spiro atoms. The normalized spacial score (nSPS) is 16.3. The highest BCUT2D eigenvalue weighted by Crippen LogP contribution is 2.33. The van der Waals surface area contributed by atoms with Gasteiger partial charge in [0.2, 0.25) is 0 Å². The number of thioether (sulfide) groups is 1. The van der Waals surface area contributed by atoms with Crippen LogP contribution in [0.15, 0.2) is 39.1 Å². The summed E-state index contributed by atoms with van der Waals surface area (Å²) in [6.45, 7) is 3.10. The fourth-order valence-electron chi connectivity index (χ4n) is 3.41. The van der Waals surface area contributed by atoms with Crippen LogP contribution in [0.2, 0.25) is 0 Å². The number of hydrogen-bond acceptors (Lipinski definition) is 6. The predicted octanol–water partition coefficient (Wildman–Crippen LogP) is 4.81. The van der Waals surface area contributed by atoms with Crippen molar-refractivity contribution in [3.63, 3.8) is 0 Å². The molecule has 0 bridgehead atoms. The quantitative estimate of drug-likeness (QED) is 0.446. The van der Waals surface area contributed by atoms with E-state index in [0.717, 1.165) is 60.5 Å². The Balaban J connectivity index is 1.29. The number of piperidine rings is 1. The van der Waals surface area contributed by atoms with Crippen LogP contribution in [0.4, 0.5) is 4.39 Å². The summed E-state index contributed by atoms with van der Waals surface area (Å²) >= 11 is 3.36. The number of carbonyl (C=O) groups excluding carboxylic acids is 1. The molecule has 2 aromatic heterocycles. The molecule has 0 aliphatic carbocycles. The second-order valence-electron chi connectivity index (χ2n) is 6.45. The highest BCUT2D eigenvalue weighted by Gasteiger charge is 2.25. The van der Waals surface area contributed by atoms with Crippen LogP contribution in [-0.4, -0.2) is 41.7 Å². The third-order valence-corrected chi connectivity index (χ3v) is 7.02. The maximum atomic E-state index is 13.3. The van der Waals surface area contributed by atoms with Crippen molar-refractivity contribution in [1.29, 1.82) is 0 Å². The molecule has 1 aliphatic heterocycles. The van der Waals surface area contributed by atoms with Crippen LogP contribution < -0.4 is 0 Å². The van der Waals surface area contributed by atoms with E-state index in [1.54, 1.807) is 17.4 Å². The number of carbonyl (C=O) groups is 1. The summed E-state index contributed by atoms with van der Waals surface area (Å²) in [5.74, 6) is 1.10. The van der Waals surface area contributed by atoms with Gasteiger partial charge in [-0.15, -0.1) is 23.1 Å². The van der Waals surface area contributed by atoms with E-state index < -0.39 is 0 Å². The van der Waals surface area contributed by atoms with Gasteiger partial charge in [0, 0.05) is 29.7 Å². The number of halogens is 1. The van der Waals surface area contributed by atoms with Crippen molar-refractivity contribution in [2.24, 2.45) is 0 Å². The van der Waals surface area contributed by atoms with Crippen molar-refractivity contribution >= 4 is 40.4 Å². The molecule has 0 amide bonds. The van der Waals surface area contributed by atoms with Gasteiger partial charge >= 0.3 is 0 Å². The third kappa shape index (κ3) is 3.84. The number of thiophene rings is 1. The molecular formula is C19H19FN2O2S2. The largest absolute Gasteiger partial charge is 0.356 e. The number of aldehydes is 1. The lowest BCUT2D eigenvalue weighted by Gasteiger charge is -2.30. The molecular weight excluding hydrogens is 371 g/mol. The summed E-state index contributed by atoms with van der Waals surface area (Å²) in [6, 6.07) is 8.53. The Kier molecular flexibility index (Phi) is 5.38. The SMILES string of the molecule is O=Cc1ccc(SCCN2CCC(c3noc4cc(F)ccc34)CC2)s1. The van der Waals surface area contributed by atoms with Crippen molar-refractivity contribution in [3.05, 3.63) is 46.7 Å². The molecule has 4 rings (SSSR count). The molecule has 0 N–H and O–H groups in total. The Labute approximate surface area is 159 Å². The van der Waals surface area contributed by atoms with Gasteiger partial charge in [-0.25, -0.2) is 4.39 Å². The predicted molar refractivity (Wildman–Crippen MR) is 103 cm³/mol. The Morgan fingerprint density at radius 3 is 2.92 bits per heavy atom. The van der Waals surface area contributed by atoms with Crippen molar-refractivity contribution < 1.29 is 13.7 Å². The molecule has 0 saturated carbocycles. The van der Waals surface area contributed by atoms with E-state index in [2.05, 4.69) is 10.1 Å². The number of rotatable bonds is 6. The number of likely N-dealkylation sites (tertiary alicyclic amines) is 1. The summed E-state index contributed by atoms with van der Waals surface area (Å²) in [4.78, 5) is 14.0. The van der Waals surface area contributed by atoms with Crippen LogP contribution in [0.1, 0.15) is 34.1 Å². The maximum Gasteiger partial charge on any atom is 0.170 e. The molecule has 7 heteroatoms. The number of benzene rings is 1. The zero-order valence-electron chi connectivity index (χ0n) is 14.2. The minimum atomic E-state index is -0.293. The van der Waals surface area contributed by atoms with Gasteiger partial charge in [-0.1, -0.05) is 5.16 Å². The molecule has 4 nitrogen and oxygen atoms in total. The number of fused-ring (bicyclic) bond motifs is 1. The monoisotopic (exact) mass is 390 g/mol. The van der Waals surface area contributed by atoms with Gasteiger partial charge in [-0.05, 0) is 50.2 Å². The van der Waals surface area contributed by atoms with Crippen LogP contribution in [0.3, 0.4) is 0 Å². The van der Waals surface area contributed by atoms with Gasteiger partial charge in [-0.3, -0.25) is 4.79 Å². The second-order valence-corrected chi connectivity index (χ2v) is 8.96. The number of nitrogens with zero attached hydrogens (tertiary/aromatic N) is 2. The summed E-state index contributed by atoms with van der Waals surface area (Å²) in [6.07, 6.45) is 2.98. The van der Waals surface area contributed by atoms with Gasteiger partial charge in [0.1, 0.15) is 5.82 Å². The number of hydrogen-bond donors (Lipinski definition) is 0. The van der Waals surface area contributed by atoms with E-state index in [1.165, 1.54) is 16.3 Å². The average Bonchev–Trinajstić information content (AvgIpc) is 3.29. The lowest BCUT2D eigenvalue weighted by molar-refractivity contribution is 0.112. The molecule has 136 valence electrons. The number of aromatic nitrogens is 1. The van der Waals surface area contributed by atoms with Crippen LogP contribution in [0, 0.1) is 5.82 Å². The molecule has 1 aromatic carbocycles. The molecule has 3 heterocycles. The van der Waals surface area contributed by atoms with Gasteiger partial charge in [0.25, 0.3) is 0 Å². The Bertz CT molecular complexity index is 900. The van der Waals surface area contributed by atoms with Gasteiger partial charge in [0.15, 0.2) is 11.9 Å². The molecule has 0 radical (unpaired) electrons. The molecule has 0 unspecified atom stereocenters. The molecule has 3 aromatic rings. The topological polar surface area (TPSA) is 46.3 Å². The fraction of sp³-hybridized carbons (Fsp3) is 0.368. The van der Waals surface area contributed by atoms with E-state index >= 15 is 0 Å². The zero-order chi connectivity index (χ0) is 17.9. The van der Waals surface area contributed by atoms with Crippen LogP contribution in [0.25, 0.3) is 11.0 Å². The van der Waals surface area contributed by atoms with Crippen molar-refractivity contribution in [1.82, 2.24) is 10.1 Å². The van der Waals surface area contributed by atoms with Gasteiger partial charge < -0.3 is 9.42 Å². The Morgan fingerprint density at radius 2 is 2.15 bits per heavy atom. The van der Waals surface area contributed by atoms with Crippen molar-refractivity contribution in [3.8, 4) is 0 Å². The minimum Gasteiger partial charge on any atom is -0.356 e. The first kappa shape index (κ1) is 17.7. The molecule has 0 atom stereocenters. The van der Waals surface area contributed by atoms with Crippen LogP contribution in [-0.2, 0) is 0 Å². The minimum absolute atomic E-state index is 0.293. The Morgan fingerprint density at radius 1 is 1.31 bits per heavy atom. The van der Waals surface area contributed by atoms with Gasteiger partial charge in [0.05, 0.1) is 14.8 Å². The fourth-order valence-corrected chi connectivity index (χ4v) is 5.45. The van der Waals surface area contributed by atoms with Crippen LogP contribution in [0.5, 0.6) is 0 Å². The third-order valence-electron chi connectivity index (χ3n) is 4.81. The lowest BCUT2D eigenvalue weighted by Crippen LogP contribution is -2.34. The van der Waals surface area contributed by atoms with E-state index in [-0.39, 0.29) is 5.82 Å². The summed E-state index contributed by atoms with van der Waals surface area (Å²) < 4.78 is 19.8. The smallest absolute Gasteiger partial charge is 0.170 e. The first-order valence-corrected chi connectivity index (χ1v) is 10.5. The summed E-state index contributed by atoms with van der Waals surface area (Å²) in [5, 5.41) is 5.14. The van der Waals surface area contributed by atoms with Crippen molar-refractivity contribution in [2.45, 2.75) is 23.0 Å². The first-order chi connectivity index (χ1) is 12.7. The zero-order valence-corrected chi connectivity index (χ0v) is 15.8. The summed E-state index contributed by atoms with van der Waals surface area (Å²) in [7, 11) is 0. The van der Waals surface area contributed by atoms with Crippen molar-refractivity contribution in [2.75, 3.05) is 25.4 Å². The first-order valence-electron chi connectivity index (χ1n) is 8.68. The van der Waals surface area contributed by atoms with Crippen LogP contribution >= 0.6 is 23.1 Å². The second kappa shape index (κ2) is 7.90. The molecule has 1 saturated heterocycles. The average molecular weight is 391 g/mol. The molecule has 26 heavy (non-hydrogen) atoms. The summed E-state index contributed by atoms with van der Waals surface area (Å²) in [5.41, 5.74) is 1.50. The molecule has 1 aliphatic rings. The lowest BCUT2D eigenvalue weighted by atomic mass is 9.91. The maximum absolute atomic E-state index is 13.3.